The van der Waals surface area contributed by atoms with Gasteiger partial charge in [0, 0.05) is 29.1 Å². The summed E-state index contributed by atoms with van der Waals surface area (Å²) in [5.74, 6) is 0.279. The number of hydrazine groups is 1. The molecule has 5 nitrogen and oxygen atoms in total. The number of aryl methyl sites for hydroxylation is 1. The first kappa shape index (κ1) is 16.3. The number of hydrogen-bond acceptors (Lipinski definition) is 3. The molecule has 6 heteroatoms. The highest BCUT2D eigenvalue weighted by molar-refractivity contribution is 6.31. The van der Waals surface area contributed by atoms with Crippen LogP contribution in [0.2, 0.25) is 5.02 Å². The molecule has 23 heavy (non-hydrogen) atoms. The second-order valence-corrected chi connectivity index (χ2v) is 6.92. The molecule has 1 saturated heterocycles. The molecule has 0 aromatic heterocycles. The molecule has 3 atom stereocenters. The summed E-state index contributed by atoms with van der Waals surface area (Å²) in [5.41, 5.74) is 7.42. The van der Waals surface area contributed by atoms with Crippen LogP contribution in [0.25, 0.3) is 0 Å². The molecule has 3 rings (SSSR count). The lowest BCUT2D eigenvalue weighted by Crippen LogP contribution is -2.60. The summed E-state index contributed by atoms with van der Waals surface area (Å²) in [5, 5.41) is 3.53. The molecule has 1 heterocycles. The SMILES string of the molecule is Cc1ccc(NC(=O)CC2NNC(=O)C3CCCCC23)cc1Cl. The zero-order valence-corrected chi connectivity index (χ0v) is 14.0. The van der Waals surface area contributed by atoms with Crippen LogP contribution < -0.4 is 16.2 Å². The number of hydrogen-bond donors (Lipinski definition) is 3. The Morgan fingerprint density at radius 1 is 1.35 bits per heavy atom. The minimum Gasteiger partial charge on any atom is -0.326 e. The van der Waals surface area contributed by atoms with Gasteiger partial charge in [0.1, 0.15) is 0 Å². The number of fused-ring (bicyclic) bond motifs is 1. The molecular weight excluding hydrogens is 314 g/mol. The van der Waals surface area contributed by atoms with Gasteiger partial charge in [-0.05, 0) is 43.4 Å². The van der Waals surface area contributed by atoms with E-state index in [1.165, 1.54) is 0 Å². The average molecular weight is 336 g/mol. The normalized spacial score (nSPS) is 27.0. The highest BCUT2D eigenvalue weighted by atomic mass is 35.5. The molecule has 1 aromatic carbocycles. The summed E-state index contributed by atoms with van der Waals surface area (Å²) < 4.78 is 0. The van der Waals surface area contributed by atoms with Crippen molar-refractivity contribution >= 4 is 29.1 Å². The maximum Gasteiger partial charge on any atom is 0.237 e. The maximum atomic E-state index is 12.3. The Kier molecular flexibility index (Phi) is 4.87. The third-order valence-corrected chi connectivity index (χ3v) is 5.32. The molecule has 3 unspecified atom stereocenters. The van der Waals surface area contributed by atoms with E-state index < -0.39 is 0 Å². The van der Waals surface area contributed by atoms with Gasteiger partial charge in [-0.25, -0.2) is 5.43 Å². The number of carbonyl (C=O) groups is 2. The third-order valence-electron chi connectivity index (χ3n) is 4.91. The van der Waals surface area contributed by atoms with Gasteiger partial charge in [0.15, 0.2) is 0 Å². The number of benzene rings is 1. The Bertz CT molecular complexity index is 620. The van der Waals surface area contributed by atoms with E-state index in [1.54, 1.807) is 6.07 Å². The molecule has 0 spiro atoms. The minimum absolute atomic E-state index is 0.0149. The largest absolute Gasteiger partial charge is 0.326 e. The number of amides is 2. The van der Waals surface area contributed by atoms with E-state index >= 15 is 0 Å². The van der Waals surface area contributed by atoms with Crippen LogP contribution in [-0.2, 0) is 9.59 Å². The molecule has 0 radical (unpaired) electrons. The van der Waals surface area contributed by atoms with Crippen molar-refractivity contribution < 1.29 is 9.59 Å². The molecule has 1 saturated carbocycles. The van der Waals surface area contributed by atoms with E-state index in [1.807, 2.05) is 19.1 Å². The Labute approximate surface area is 141 Å². The monoisotopic (exact) mass is 335 g/mol. The summed E-state index contributed by atoms with van der Waals surface area (Å²) in [6.07, 6.45) is 4.48. The molecular formula is C17H22ClN3O2. The summed E-state index contributed by atoms with van der Waals surface area (Å²) in [6.45, 7) is 1.92. The number of halogens is 1. The van der Waals surface area contributed by atoms with E-state index in [4.69, 9.17) is 11.6 Å². The van der Waals surface area contributed by atoms with Crippen LogP contribution in [0.15, 0.2) is 18.2 Å². The smallest absolute Gasteiger partial charge is 0.237 e. The highest BCUT2D eigenvalue weighted by Crippen LogP contribution is 2.35. The molecule has 2 amide bonds. The lowest BCUT2D eigenvalue weighted by molar-refractivity contribution is -0.134. The molecule has 3 N–H and O–H groups in total. The van der Waals surface area contributed by atoms with Gasteiger partial charge >= 0.3 is 0 Å². The van der Waals surface area contributed by atoms with Crippen molar-refractivity contribution in [3.8, 4) is 0 Å². The molecule has 2 aliphatic rings. The Balaban J connectivity index is 1.62. The Morgan fingerprint density at radius 3 is 2.91 bits per heavy atom. The van der Waals surface area contributed by atoms with Gasteiger partial charge in [0.2, 0.25) is 11.8 Å². The van der Waals surface area contributed by atoms with E-state index in [9.17, 15) is 9.59 Å². The van der Waals surface area contributed by atoms with E-state index in [2.05, 4.69) is 16.2 Å². The lowest BCUT2D eigenvalue weighted by atomic mass is 9.73. The first-order valence-electron chi connectivity index (χ1n) is 8.16. The molecule has 0 bridgehead atoms. The third kappa shape index (κ3) is 3.67. The van der Waals surface area contributed by atoms with Crippen molar-refractivity contribution in [2.75, 3.05) is 5.32 Å². The fourth-order valence-electron chi connectivity index (χ4n) is 3.62. The Morgan fingerprint density at radius 2 is 2.13 bits per heavy atom. The first-order valence-corrected chi connectivity index (χ1v) is 8.54. The number of rotatable bonds is 3. The van der Waals surface area contributed by atoms with Gasteiger partial charge in [-0.2, -0.15) is 0 Å². The topological polar surface area (TPSA) is 70.2 Å². The van der Waals surface area contributed by atoms with E-state index in [0.29, 0.717) is 17.1 Å². The number of carbonyl (C=O) groups excluding carboxylic acids is 2. The second kappa shape index (κ2) is 6.89. The zero-order chi connectivity index (χ0) is 16.4. The van der Waals surface area contributed by atoms with Crippen molar-refractivity contribution in [1.82, 2.24) is 10.9 Å². The molecule has 124 valence electrons. The predicted molar refractivity (Wildman–Crippen MR) is 90.0 cm³/mol. The van der Waals surface area contributed by atoms with Crippen LogP contribution >= 0.6 is 11.6 Å². The van der Waals surface area contributed by atoms with Crippen LogP contribution in [0.3, 0.4) is 0 Å². The van der Waals surface area contributed by atoms with Gasteiger partial charge in [-0.1, -0.05) is 30.5 Å². The van der Waals surface area contributed by atoms with Crippen molar-refractivity contribution in [3.05, 3.63) is 28.8 Å². The lowest BCUT2D eigenvalue weighted by Gasteiger charge is -2.40. The van der Waals surface area contributed by atoms with Crippen molar-refractivity contribution in [2.24, 2.45) is 11.8 Å². The quantitative estimate of drug-likeness (QED) is 0.795. The van der Waals surface area contributed by atoms with E-state index in [0.717, 1.165) is 31.2 Å². The van der Waals surface area contributed by atoms with Crippen LogP contribution in [0.5, 0.6) is 0 Å². The number of anilines is 1. The van der Waals surface area contributed by atoms with Crippen molar-refractivity contribution in [1.29, 1.82) is 0 Å². The average Bonchev–Trinajstić information content (AvgIpc) is 2.54. The first-order chi connectivity index (χ1) is 11.0. The molecule has 1 aliphatic carbocycles. The van der Waals surface area contributed by atoms with Crippen LogP contribution in [0, 0.1) is 18.8 Å². The second-order valence-electron chi connectivity index (χ2n) is 6.51. The zero-order valence-electron chi connectivity index (χ0n) is 13.2. The Hall–Kier alpha value is -1.59. The summed E-state index contributed by atoms with van der Waals surface area (Å²) >= 11 is 6.09. The van der Waals surface area contributed by atoms with Gasteiger partial charge in [0.25, 0.3) is 0 Å². The van der Waals surface area contributed by atoms with Gasteiger partial charge in [0.05, 0.1) is 0 Å². The van der Waals surface area contributed by atoms with Crippen molar-refractivity contribution in [2.45, 2.75) is 45.1 Å². The fourth-order valence-corrected chi connectivity index (χ4v) is 3.80. The van der Waals surface area contributed by atoms with E-state index in [-0.39, 0.29) is 29.7 Å². The van der Waals surface area contributed by atoms with Crippen LogP contribution in [0.4, 0.5) is 5.69 Å². The molecule has 2 fully saturated rings. The molecule has 1 aromatic rings. The predicted octanol–water partition coefficient (Wildman–Crippen LogP) is 2.79. The standard InChI is InChI=1S/C17H22ClN3O2/c1-10-6-7-11(8-14(10)18)19-16(22)9-15-12-4-2-3-5-13(12)17(23)21-20-15/h6-8,12-13,15,20H,2-5,9H2,1H3,(H,19,22)(H,21,23). The number of nitrogens with one attached hydrogen (secondary N) is 3. The van der Waals surface area contributed by atoms with Crippen LogP contribution in [0.1, 0.15) is 37.7 Å². The summed E-state index contributed by atoms with van der Waals surface area (Å²) in [6, 6.07) is 5.47. The summed E-state index contributed by atoms with van der Waals surface area (Å²) in [7, 11) is 0. The maximum absolute atomic E-state index is 12.3. The van der Waals surface area contributed by atoms with Gasteiger partial charge in [-0.3, -0.25) is 15.0 Å². The van der Waals surface area contributed by atoms with Gasteiger partial charge < -0.3 is 5.32 Å². The van der Waals surface area contributed by atoms with Gasteiger partial charge in [-0.15, -0.1) is 0 Å². The highest BCUT2D eigenvalue weighted by Gasteiger charge is 2.40. The van der Waals surface area contributed by atoms with Crippen molar-refractivity contribution in [3.63, 3.8) is 0 Å². The molecule has 1 aliphatic heterocycles. The minimum atomic E-state index is -0.0668. The fraction of sp³-hybridized carbons (Fsp3) is 0.529. The van der Waals surface area contributed by atoms with Crippen LogP contribution in [-0.4, -0.2) is 17.9 Å². The summed E-state index contributed by atoms with van der Waals surface area (Å²) in [4.78, 5) is 24.3.